The molecule has 2 heterocycles. The number of esters is 1. The van der Waals surface area contributed by atoms with Crippen molar-refractivity contribution in [1.29, 1.82) is 0 Å². The first kappa shape index (κ1) is 18.7. The first-order valence-corrected chi connectivity index (χ1v) is 8.97. The largest absolute Gasteiger partial charge is 0.462 e. The van der Waals surface area contributed by atoms with E-state index in [1.54, 1.807) is 13.1 Å². The lowest BCUT2D eigenvalue weighted by atomic mass is 10.0. The Kier molecular flexibility index (Phi) is 5.59. The van der Waals surface area contributed by atoms with Crippen molar-refractivity contribution >= 4 is 17.9 Å². The van der Waals surface area contributed by atoms with E-state index < -0.39 is 11.5 Å². The topological polar surface area (TPSA) is 85.9 Å². The molecule has 3 rings (SSSR count). The summed E-state index contributed by atoms with van der Waals surface area (Å²) < 4.78 is 6.45. The fourth-order valence-corrected chi connectivity index (χ4v) is 3.04. The SMILES string of the molecule is CCOC(=O)c1cnc2n(c1=O)C(C)CC/C2=N\N=C\c1cccc(C)c1. The summed E-state index contributed by atoms with van der Waals surface area (Å²) in [7, 11) is 0. The molecule has 1 aliphatic rings. The Hall–Kier alpha value is -3.09. The highest BCUT2D eigenvalue weighted by Crippen LogP contribution is 2.22. The number of nitrogens with zero attached hydrogens (tertiary/aromatic N) is 4. The molecule has 1 aromatic carbocycles. The lowest BCUT2D eigenvalue weighted by Crippen LogP contribution is -2.37. The number of carbonyl (C=O) groups excluding carboxylic acids is 1. The number of ether oxygens (including phenoxy) is 1. The van der Waals surface area contributed by atoms with Gasteiger partial charge in [-0.2, -0.15) is 10.2 Å². The van der Waals surface area contributed by atoms with Gasteiger partial charge in [0.2, 0.25) is 0 Å². The number of hydrogen-bond donors (Lipinski definition) is 0. The summed E-state index contributed by atoms with van der Waals surface area (Å²) in [6, 6.07) is 7.85. The van der Waals surface area contributed by atoms with E-state index in [0.717, 1.165) is 17.5 Å². The minimum Gasteiger partial charge on any atom is -0.462 e. The van der Waals surface area contributed by atoms with Crippen LogP contribution >= 0.6 is 0 Å². The Bertz CT molecular complexity index is 975. The van der Waals surface area contributed by atoms with E-state index in [1.807, 2.05) is 38.1 Å². The van der Waals surface area contributed by atoms with Crippen molar-refractivity contribution in [3.05, 3.63) is 63.3 Å². The number of carbonyl (C=O) groups is 1. The van der Waals surface area contributed by atoms with Crippen molar-refractivity contribution in [2.24, 2.45) is 10.2 Å². The second kappa shape index (κ2) is 8.07. The molecule has 0 amide bonds. The van der Waals surface area contributed by atoms with E-state index in [2.05, 4.69) is 15.2 Å². The maximum atomic E-state index is 12.7. The Morgan fingerprint density at radius 1 is 1.44 bits per heavy atom. The highest BCUT2D eigenvalue weighted by Gasteiger charge is 2.26. The van der Waals surface area contributed by atoms with Gasteiger partial charge in [0.1, 0.15) is 11.3 Å². The van der Waals surface area contributed by atoms with Gasteiger partial charge in [-0.1, -0.05) is 29.8 Å². The Balaban J connectivity index is 1.95. The van der Waals surface area contributed by atoms with Crippen LogP contribution in [0.5, 0.6) is 0 Å². The van der Waals surface area contributed by atoms with E-state index in [-0.39, 0.29) is 18.2 Å². The number of benzene rings is 1. The summed E-state index contributed by atoms with van der Waals surface area (Å²) in [6.45, 7) is 5.84. The van der Waals surface area contributed by atoms with Crippen LogP contribution in [0.25, 0.3) is 0 Å². The number of fused-ring (bicyclic) bond motifs is 1. The molecule has 2 aromatic rings. The summed E-state index contributed by atoms with van der Waals surface area (Å²) >= 11 is 0. The van der Waals surface area contributed by atoms with Gasteiger partial charge in [0, 0.05) is 12.2 Å². The van der Waals surface area contributed by atoms with Crippen LogP contribution < -0.4 is 5.56 Å². The smallest absolute Gasteiger partial charge is 0.345 e. The van der Waals surface area contributed by atoms with E-state index in [1.165, 1.54) is 10.8 Å². The molecular formula is C20H22N4O3. The maximum absolute atomic E-state index is 12.7. The molecule has 0 spiro atoms. The zero-order chi connectivity index (χ0) is 19.4. The van der Waals surface area contributed by atoms with E-state index in [9.17, 15) is 9.59 Å². The summed E-state index contributed by atoms with van der Waals surface area (Å²) in [4.78, 5) is 29.0. The fourth-order valence-electron chi connectivity index (χ4n) is 3.04. The lowest BCUT2D eigenvalue weighted by molar-refractivity contribution is 0.0522. The second-order valence-corrected chi connectivity index (χ2v) is 6.48. The Labute approximate surface area is 157 Å². The van der Waals surface area contributed by atoms with E-state index >= 15 is 0 Å². The summed E-state index contributed by atoms with van der Waals surface area (Å²) in [6.07, 6.45) is 4.33. The molecule has 1 aliphatic heterocycles. The van der Waals surface area contributed by atoms with Crippen LogP contribution in [0.4, 0.5) is 0 Å². The van der Waals surface area contributed by atoms with Gasteiger partial charge in [-0.05, 0) is 39.2 Å². The molecule has 1 aromatic heterocycles. The van der Waals surface area contributed by atoms with Crippen LogP contribution in [0, 0.1) is 6.92 Å². The first-order valence-electron chi connectivity index (χ1n) is 8.97. The molecule has 0 N–H and O–H groups in total. The first-order chi connectivity index (χ1) is 13.0. The molecule has 1 unspecified atom stereocenters. The maximum Gasteiger partial charge on any atom is 0.345 e. The molecule has 0 radical (unpaired) electrons. The molecule has 0 aliphatic carbocycles. The summed E-state index contributed by atoms with van der Waals surface area (Å²) in [5.41, 5.74) is 2.26. The molecular weight excluding hydrogens is 344 g/mol. The van der Waals surface area contributed by atoms with Crippen molar-refractivity contribution in [3.63, 3.8) is 0 Å². The third kappa shape index (κ3) is 4.02. The van der Waals surface area contributed by atoms with E-state index in [0.29, 0.717) is 18.0 Å². The molecule has 1 atom stereocenters. The molecule has 27 heavy (non-hydrogen) atoms. The number of hydrogen-bond acceptors (Lipinski definition) is 6. The van der Waals surface area contributed by atoms with Gasteiger partial charge in [-0.15, -0.1) is 0 Å². The number of aromatic nitrogens is 2. The minimum atomic E-state index is -0.654. The number of rotatable bonds is 4. The third-order valence-corrected chi connectivity index (χ3v) is 4.41. The predicted molar refractivity (Wildman–Crippen MR) is 104 cm³/mol. The van der Waals surface area contributed by atoms with Gasteiger partial charge in [0.15, 0.2) is 5.82 Å². The highest BCUT2D eigenvalue weighted by atomic mass is 16.5. The molecule has 0 bridgehead atoms. The van der Waals surface area contributed by atoms with Crippen LogP contribution in [0.1, 0.15) is 60.0 Å². The molecule has 140 valence electrons. The molecule has 0 fully saturated rings. The van der Waals surface area contributed by atoms with Gasteiger partial charge >= 0.3 is 5.97 Å². The van der Waals surface area contributed by atoms with Crippen LogP contribution in [0.2, 0.25) is 0 Å². The van der Waals surface area contributed by atoms with Gasteiger partial charge in [-0.25, -0.2) is 9.78 Å². The van der Waals surface area contributed by atoms with Gasteiger partial charge < -0.3 is 4.74 Å². The van der Waals surface area contributed by atoms with E-state index in [4.69, 9.17) is 4.74 Å². The highest BCUT2D eigenvalue weighted by molar-refractivity contribution is 5.99. The normalized spacial score (nSPS) is 17.9. The van der Waals surface area contributed by atoms with Crippen molar-refractivity contribution < 1.29 is 9.53 Å². The second-order valence-electron chi connectivity index (χ2n) is 6.48. The monoisotopic (exact) mass is 366 g/mol. The van der Waals surface area contributed by atoms with Crippen molar-refractivity contribution in [2.75, 3.05) is 6.61 Å². The van der Waals surface area contributed by atoms with Gasteiger partial charge in [0.05, 0.1) is 12.8 Å². The zero-order valence-electron chi connectivity index (χ0n) is 15.7. The molecule has 7 nitrogen and oxygen atoms in total. The van der Waals surface area contributed by atoms with Crippen molar-refractivity contribution in [3.8, 4) is 0 Å². The summed E-state index contributed by atoms with van der Waals surface area (Å²) in [5, 5.41) is 8.45. The Morgan fingerprint density at radius 3 is 3.00 bits per heavy atom. The molecule has 0 saturated heterocycles. The van der Waals surface area contributed by atoms with Gasteiger partial charge in [0.25, 0.3) is 5.56 Å². The Morgan fingerprint density at radius 2 is 2.26 bits per heavy atom. The quantitative estimate of drug-likeness (QED) is 0.473. The zero-order valence-corrected chi connectivity index (χ0v) is 15.7. The lowest BCUT2D eigenvalue weighted by Gasteiger charge is -2.24. The third-order valence-electron chi connectivity index (χ3n) is 4.41. The van der Waals surface area contributed by atoms with Crippen LogP contribution in [0.3, 0.4) is 0 Å². The van der Waals surface area contributed by atoms with Crippen LogP contribution in [-0.4, -0.2) is 34.1 Å². The molecule has 7 heteroatoms. The standard InChI is InChI=1S/C20H22N4O3/c1-4-27-20(26)16-12-21-18-17(9-8-14(3)24(18)19(16)25)23-22-11-15-7-5-6-13(2)10-15/h5-7,10-12,14H,4,8-9H2,1-3H3/b22-11+,23-17+. The average Bonchev–Trinajstić information content (AvgIpc) is 2.64. The minimum absolute atomic E-state index is 0.0584. The van der Waals surface area contributed by atoms with Crippen LogP contribution in [-0.2, 0) is 4.74 Å². The number of aryl methyl sites for hydroxylation is 1. The van der Waals surface area contributed by atoms with Crippen LogP contribution in [0.15, 0.2) is 45.5 Å². The van der Waals surface area contributed by atoms with Gasteiger partial charge in [-0.3, -0.25) is 9.36 Å². The summed E-state index contributed by atoms with van der Waals surface area (Å²) in [5.74, 6) is -0.202. The van der Waals surface area contributed by atoms with Crippen molar-refractivity contribution in [2.45, 2.75) is 39.7 Å². The average molecular weight is 366 g/mol. The molecule has 0 saturated carbocycles. The van der Waals surface area contributed by atoms with Crippen molar-refractivity contribution in [1.82, 2.24) is 9.55 Å². The predicted octanol–water partition coefficient (Wildman–Crippen LogP) is 2.91. The fraction of sp³-hybridized carbons (Fsp3) is 0.350.